The van der Waals surface area contributed by atoms with Gasteiger partial charge >= 0.3 is 0 Å². The van der Waals surface area contributed by atoms with Gasteiger partial charge in [0.15, 0.2) is 0 Å². The maximum absolute atomic E-state index is 12.2. The average Bonchev–Trinajstić information content (AvgIpc) is 2.76. The molecule has 1 aromatic rings. The zero-order valence-electron chi connectivity index (χ0n) is 11.2. The molecule has 1 heterocycles. The number of hydrogen-bond donors (Lipinski definition) is 2. The van der Waals surface area contributed by atoms with Crippen LogP contribution >= 0.6 is 12.2 Å². The first-order chi connectivity index (χ1) is 8.31. The molecule has 1 rings (SSSR count). The van der Waals surface area contributed by atoms with Crippen molar-refractivity contribution in [1.29, 1.82) is 0 Å². The minimum atomic E-state index is -0.824. The zero-order chi connectivity index (χ0) is 13.9. The molecule has 1 aromatic heterocycles. The van der Waals surface area contributed by atoms with Gasteiger partial charge in [-0.15, -0.1) is 0 Å². The summed E-state index contributed by atoms with van der Waals surface area (Å²) in [5, 5.41) is 6.96. The molecule has 0 fully saturated rings. The van der Waals surface area contributed by atoms with E-state index in [-0.39, 0.29) is 16.9 Å². The topological polar surface area (TPSA) is 72.9 Å². The smallest absolute Gasteiger partial charge is 0.237 e. The summed E-state index contributed by atoms with van der Waals surface area (Å²) in [4.78, 5) is 12.4. The molecule has 5 nitrogen and oxygen atoms in total. The molecule has 1 unspecified atom stereocenters. The number of rotatable bonds is 5. The largest absolute Gasteiger partial charge is 0.392 e. The number of aromatic nitrogens is 2. The molecular weight excluding hydrogens is 248 g/mol. The molecule has 0 aliphatic carbocycles. The Morgan fingerprint density at radius 2 is 2.28 bits per heavy atom. The molecule has 6 heteroatoms. The predicted molar refractivity (Wildman–Crippen MR) is 76.4 cm³/mol. The van der Waals surface area contributed by atoms with Crippen molar-refractivity contribution in [2.24, 2.45) is 11.1 Å². The van der Waals surface area contributed by atoms with Gasteiger partial charge in [0.1, 0.15) is 0 Å². The molecule has 1 amide bonds. The summed E-state index contributed by atoms with van der Waals surface area (Å²) in [6.45, 7) is 7.67. The molecule has 1 atom stereocenters. The number of nitrogens with zero attached hydrogens (tertiary/aromatic N) is 2. The van der Waals surface area contributed by atoms with Crippen LogP contribution in [-0.2, 0) is 4.79 Å². The number of anilines is 1. The van der Waals surface area contributed by atoms with Crippen molar-refractivity contribution in [3.8, 4) is 0 Å². The standard InChI is InChI=1S/C12H20N4OS/c1-5-12(4,10(13)18)11(17)15-9-6-14-16(7-9)8(2)3/h6-8H,5H2,1-4H3,(H2,13,18)(H,15,17). The summed E-state index contributed by atoms with van der Waals surface area (Å²) >= 11 is 4.96. The summed E-state index contributed by atoms with van der Waals surface area (Å²) in [7, 11) is 0. The molecule has 0 bridgehead atoms. The Hall–Kier alpha value is -1.43. The van der Waals surface area contributed by atoms with Crippen molar-refractivity contribution in [1.82, 2.24) is 9.78 Å². The number of carbonyl (C=O) groups excluding carboxylic acids is 1. The van der Waals surface area contributed by atoms with E-state index in [0.29, 0.717) is 12.1 Å². The molecule has 18 heavy (non-hydrogen) atoms. The van der Waals surface area contributed by atoms with Crippen LogP contribution in [0.3, 0.4) is 0 Å². The molecule has 100 valence electrons. The van der Waals surface area contributed by atoms with Gasteiger partial charge in [0, 0.05) is 12.2 Å². The zero-order valence-corrected chi connectivity index (χ0v) is 12.0. The highest BCUT2D eigenvalue weighted by molar-refractivity contribution is 7.80. The summed E-state index contributed by atoms with van der Waals surface area (Å²) in [5.74, 6) is -0.194. The van der Waals surface area contributed by atoms with Gasteiger partial charge in [-0.05, 0) is 27.2 Å². The van der Waals surface area contributed by atoms with Gasteiger partial charge in [0.05, 0.1) is 22.3 Å². The third kappa shape index (κ3) is 2.87. The first-order valence-corrected chi connectivity index (χ1v) is 6.37. The number of thiocarbonyl (C=S) groups is 1. The highest BCUT2D eigenvalue weighted by Crippen LogP contribution is 2.24. The minimum absolute atomic E-state index is 0.194. The normalized spacial score (nSPS) is 14.3. The van der Waals surface area contributed by atoms with Crippen molar-refractivity contribution in [2.45, 2.75) is 40.2 Å². The van der Waals surface area contributed by atoms with E-state index in [1.54, 1.807) is 24.0 Å². The van der Waals surface area contributed by atoms with Crippen LogP contribution in [-0.4, -0.2) is 20.7 Å². The number of nitrogens with two attached hydrogens (primary N) is 1. The second-order valence-electron chi connectivity index (χ2n) is 4.81. The van der Waals surface area contributed by atoms with Gasteiger partial charge in [-0.1, -0.05) is 19.1 Å². The Morgan fingerprint density at radius 3 is 2.67 bits per heavy atom. The average molecular weight is 268 g/mol. The molecular formula is C12H20N4OS. The molecule has 0 radical (unpaired) electrons. The van der Waals surface area contributed by atoms with Crippen molar-refractivity contribution < 1.29 is 4.79 Å². The highest BCUT2D eigenvalue weighted by atomic mass is 32.1. The van der Waals surface area contributed by atoms with Crippen molar-refractivity contribution >= 4 is 28.8 Å². The van der Waals surface area contributed by atoms with Crippen molar-refractivity contribution in [3.63, 3.8) is 0 Å². The van der Waals surface area contributed by atoms with Crippen LogP contribution in [0.15, 0.2) is 12.4 Å². The lowest BCUT2D eigenvalue weighted by Crippen LogP contribution is -2.43. The SMILES string of the molecule is CCC(C)(C(=O)Nc1cnn(C(C)C)c1)C(N)=S. The monoisotopic (exact) mass is 268 g/mol. The molecule has 0 spiro atoms. The fraction of sp³-hybridized carbons (Fsp3) is 0.583. The van der Waals surface area contributed by atoms with Crippen LogP contribution in [0, 0.1) is 5.41 Å². The van der Waals surface area contributed by atoms with Crippen LogP contribution < -0.4 is 11.1 Å². The molecule has 0 aromatic carbocycles. The minimum Gasteiger partial charge on any atom is -0.392 e. The lowest BCUT2D eigenvalue weighted by molar-refractivity contribution is -0.121. The molecule has 0 saturated heterocycles. The van der Waals surface area contributed by atoms with E-state index in [9.17, 15) is 4.79 Å². The van der Waals surface area contributed by atoms with Gasteiger partial charge in [-0.2, -0.15) is 5.10 Å². The van der Waals surface area contributed by atoms with Gasteiger partial charge < -0.3 is 11.1 Å². The number of amides is 1. The van der Waals surface area contributed by atoms with E-state index in [4.69, 9.17) is 18.0 Å². The fourth-order valence-corrected chi connectivity index (χ4v) is 1.64. The first kappa shape index (κ1) is 14.6. The predicted octanol–water partition coefficient (Wildman–Crippen LogP) is 2.10. The Balaban J connectivity index is 2.83. The summed E-state index contributed by atoms with van der Waals surface area (Å²) in [6, 6.07) is 0.254. The Bertz CT molecular complexity index is 455. The van der Waals surface area contributed by atoms with Crippen LogP contribution in [0.4, 0.5) is 5.69 Å². The molecule has 3 N–H and O–H groups in total. The fourth-order valence-electron chi connectivity index (χ4n) is 1.40. The van der Waals surface area contributed by atoms with E-state index in [1.165, 1.54) is 0 Å². The van der Waals surface area contributed by atoms with Crippen LogP contribution in [0.2, 0.25) is 0 Å². The number of nitrogens with one attached hydrogen (secondary N) is 1. The molecule has 0 aliphatic rings. The van der Waals surface area contributed by atoms with Gasteiger partial charge in [-0.3, -0.25) is 9.48 Å². The van der Waals surface area contributed by atoms with E-state index in [0.717, 1.165) is 0 Å². The van der Waals surface area contributed by atoms with Crippen LogP contribution in [0.1, 0.15) is 40.2 Å². The lowest BCUT2D eigenvalue weighted by Gasteiger charge is -2.24. The number of carbonyl (C=O) groups is 1. The van der Waals surface area contributed by atoms with Crippen LogP contribution in [0.25, 0.3) is 0 Å². The lowest BCUT2D eigenvalue weighted by atomic mass is 9.86. The molecule has 0 aliphatic heterocycles. The van der Waals surface area contributed by atoms with E-state index in [1.807, 2.05) is 20.8 Å². The number of hydrogen-bond acceptors (Lipinski definition) is 3. The second kappa shape index (κ2) is 5.48. The third-order valence-corrected chi connectivity index (χ3v) is 3.59. The third-order valence-electron chi connectivity index (χ3n) is 3.14. The summed E-state index contributed by atoms with van der Waals surface area (Å²) in [5.41, 5.74) is 5.47. The Kier molecular flexibility index (Phi) is 4.45. The highest BCUT2D eigenvalue weighted by Gasteiger charge is 2.34. The van der Waals surface area contributed by atoms with Gasteiger partial charge in [-0.25, -0.2) is 0 Å². The first-order valence-electron chi connectivity index (χ1n) is 5.96. The van der Waals surface area contributed by atoms with Crippen molar-refractivity contribution in [2.75, 3.05) is 5.32 Å². The van der Waals surface area contributed by atoms with E-state index in [2.05, 4.69) is 10.4 Å². The molecule has 0 saturated carbocycles. The summed E-state index contributed by atoms with van der Waals surface area (Å²) < 4.78 is 1.78. The van der Waals surface area contributed by atoms with Gasteiger partial charge in [0.2, 0.25) is 5.91 Å². The van der Waals surface area contributed by atoms with Gasteiger partial charge in [0.25, 0.3) is 0 Å². The van der Waals surface area contributed by atoms with E-state index >= 15 is 0 Å². The maximum atomic E-state index is 12.2. The van der Waals surface area contributed by atoms with Crippen LogP contribution in [0.5, 0.6) is 0 Å². The Labute approximate surface area is 113 Å². The summed E-state index contributed by atoms with van der Waals surface area (Å²) in [6.07, 6.45) is 3.97. The quantitative estimate of drug-likeness (QED) is 0.802. The van der Waals surface area contributed by atoms with Crippen molar-refractivity contribution in [3.05, 3.63) is 12.4 Å². The Morgan fingerprint density at radius 1 is 1.67 bits per heavy atom. The second-order valence-corrected chi connectivity index (χ2v) is 5.25. The maximum Gasteiger partial charge on any atom is 0.237 e. The van der Waals surface area contributed by atoms with E-state index < -0.39 is 5.41 Å².